The quantitative estimate of drug-likeness (QED) is 0.592. The van der Waals surface area contributed by atoms with E-state index in [4.69, 9.17) is 0 Å². The smallest absolute Gasteiger partial charge is 0.133 e. The summed E-state index contributed by atoms with van der Waals surface area (Å²) in [6, 6.07) is 0. The first-order valence-electron chi connectivity index (χ1n) is 5.03. The fraction of sp³-hybridized carbons (Fsp3) is 0.900. The maximum absolute atomic E-state index is 11.3. The lowest BCUT2D eigenvalue weighted by Crippen LogP contribution is -2.39. The van der Waals surface area contributed by atoms with E-state index in [1.807, 2.05) is 0 Å². The number of piperidine rings is 1. The third kappa shape index (κ3) is 1.53. The molecule has 0 atom stereocenters. The highest BCUT2D eigenvalue weighted by atomic mass is 16.1. The minimum Gasteiger partial charge on any atom is -0.317 e. The Morgan fingerprint density at radius 2 is 1.92 bits per heavy atom. The predicted molar refractivity (Wildman–Crippen MR) is 48.0 cm³/mol. The molecule has 1 saturated heterocycles. The molecule has 2 fully saturated rings. The molecule has 0 radical (unpaired) electrons. The Morgan fingerprint density at radius 1 is 1.17 bits per heavy atom. The standard InChI is InChI=1S/C10H17NO/c12-9-2-1-3-10(8-9)4-6-11-7-5-10/h11H,1-8H2. The van der Waals surface area contributed by atoms with Gasteiger partial charge in [0.25, 0.3) is 0 Å². The zero-order valence-corrected chi connectivity index (χ0v) is 7.57. The van der Waals surface area contributed by atoms with Crippen molar-refractivity contribution in [1.82, 2.24) is 5.32 Å². The van der Waals surface area contributed by atoms with Crippen LogP contribution in [0.3, 0.4) is 0 Å². The van der Waals surface area contributed by atoms with Crippen molar-refractivity contribution in [2.75, 3.05) is 13.1 Å². The minimum atomic E-state index is 0.417. The van der Waals surface area contributed by atoms with Crippen molar-refractivity contribution in [1.29, 1.82) is 0 Å². The summed E-state index contributed by atoms with van der Waals surface area (Å²) in [4.78, 5) is 11.3. The van der Waals surface area contributed by atoms with Crippen molar-refractivity contribution in [2.24, 2.45) is 5.41 Å². The lowest BCUT2D eigenvalue weighted by molar-refractivity contribution is -0.124. The Bertz CT molecular complexity index is 177. The van der Waals surface area contributed by atoms with E-state index in [1.54, 1.807) is 0 Å². The molecule has 12 heavy (non-hydrogen) atoms. The Balaban J connectivity index is 2.02. The lowest BCUT2D eigenvalue weighted by Gasteiger charge is -2.39. The van der Waals surface area contributed by atoms with E-state index in [9.17, 15) is 4.79 Å². The van der Waals surface area contributed by atoms with Crippen LogP contribution in [0.15, 0.2) is 0 Å². The monoisotopic (exact) mass is 167 g/mol. The van der Waals surface area contributed by atoms with Gasteiger partial charge in [0, 0.05) is 12.8 Å². The molecule has 1 aliphatic heterocycles. The highest BCUT2D eigenvalue weighted by Crippen LogP contribution is 2.41. The number of nitrogens with one attached hydrogen (secondary N) is 1. The third-order valence-electron chi connectivity index (χ3n) is 3.40. The number of hydrogen-bond acceptors (Lipinski definition) is 2. The molecule has 0 unspecified atom stereocenters. The van der Waals surface area contributed by atoms with E-state index >= 15 is 0 Å². The predicted octanol–water partition coefficient (Wildman–Crippen LogP) is 1.50. The van der Waals surface area contributed by atoms with Crippen molar-refractivity contribution in [2.45, 2.75) is 38.5 Å². The Labute approximate surface area is 73.7 Å². The molecule has 0 aromatic heterocycles. The van der Waals surface area contributed by atoms with Gasteiger partial charge in [-0.3, -0.25) is 4.79 Å². The van der Waals surface area contributed by atoms with Gasteiger partial charge in [-0.2, -0.15) is 0 Å². The summed E-state index contributed by atoms with van der Waals surface area (Å²) < 4.78 is 0. The number of carbonyl (C=O) groups is 1. The molecule has 1 heterocycles. The summed E-state index contributed by atoms with van der Waals surface area (Å²) in [5.41, 5.74) is 0.417. The number of rotatable bonds is 0. The fourth-order valence-corrected chi connectivity index (χ4v) is 2.64. The molecule has 1 aliphatic carbocycles. The number of hydrogen-bond donors (Lipinski definition) is 1. The molecule has 0 bridgehead atoms. The van der Waals surface area contributed by atoms with Gasteiger partial charge >= 0.3 is 0 Å². The van der Waals surface area contributed by atoms with Crippen LogP contribution in [0, 0.1) is 5.41 Å². The topological polar surface area (TPSA) is 29.1 Å². The second-order valence-corrected chi connectivity index (χ2v) is 4.32. The number of ketones is 1. The zero-order valence-electron chi connectivity index (χ0n) is 7.57. The van der Waals surface area contributed by atoms with Gasteiger partial charge < -0.3 is 5.32 Å². The van der Waals surface area contributed by atoms with E-state index < -0.39 is 0 Å². The van der Waals surface area contributed by atoms with Gasteiger partial charge in [0.05, 0.1) is 0 Å². The number of carbonyl (C=O) groups excluding carboxylic acids is 1. The Morgan fingerprint density at radius 3 is 2.58 bits per heavy atom. The summed E-state index contributed by atoms with van der Waals surface area (Å²) >= 11 is 0. The fourth-order valence-electron chi connectivity index (χ4n) is 2.64. The second-order valence-electron chi connectivity index (χ2n) is 4.32. The SMILES string of the molecule is O=C1CCCC2(CCNCC2)C1. The first-order chi connectivity index (χ1) is 5.81. The van der Waals surface area contributed by atoms with Crippen LogP contribution in [0.1, 0.15) is 38.5 Å². The molecule has 0 aromatic carbocycles. The Kier molecular flexibility index (Phi) is 2.18. The van der Waals surface area contributed by atoms with Gasteiger partial charge in [-0.1, -0.05) is 0 Å². The van der Waals surface area contributed by atoms with E-state index in [-0.39, 0.29) is 0 Å². The van der Waals surface area contributed by atoms with Gasteiger partial charge in [0.1, 0.15) is 5.78 Å². The van der Waals surface area contributed by atoms with Crippen LogP contribution in [0.25, 0.3) is 0 Å². The highest BCUT2D eigenvalue weighted by molar-refractivity contribution is 5.79. The maximum atomic E-state index is 11.3. The normalized spacial score (nSPS) is 29.2. The molecule has 68 valence electrons. The van der Waals surface area contributed by atoms with Gasteiger partial charge in [-0.05, 0) is 44.2 Å². The molecule has 2 heteroatoms. The van der Waals surface area contributed by atoms with Crippen molar-refractivity contribution in [3.63, 3.8) is 0 Å². The van der Waals surface area contributed by atoms with E-state index in [0.717, 1.165) is 32.4 Å². The zero-order chi connectivity index (χ0) is 8.44. The first kappa shape index (κ1) is 8.24. The average molecular weight is 167 g/mol. The largest absolute Gasteiger partial charge is 0.317 e. The van der Waals surface area contributed by atoms with Gasteiger partial charge in [-0.25, -0.2) is 0 Å². The van der Waals surface area contributed by atoms with Crippen LogP contribution >= 0.6 is 0 Å². The maximum Gasteiger partial charge on any atom is 0.133 e. The van der Waals surface area contributed by atoms with Crippen molar-refractivity contribution in [3.8, 4) is 0 Å². The second kappa shape index (κ2) is 3.17. The Hall–Kier alpha value is -0.370. The van der Waals surface area contributed by atoms with Crippen molar-refractivity contribution < 1.29 is 4.79 Å². The van der Waals surface area contributed by atoms with Crippen molar-refractivity contribution in [3.05, 3.63) is 0 Å². The van der Waals surface area contributed by atoms with E-state index in [0.29, 0.717) is 11.2 Å². The van der Waals surface area contributed by atoms with Crippen LogP contribution in [-0.4, -0.2) is 18.9 Å². The van der Waals surface area contributed by atoms with E-state index in [1.165, 1.54) is 19.3 Å². The summed E-state index contributed by atoms with van der Waals surface area (Å²) in [5.74, 6) is 0.503. The van der Waals surface area contributed by atoms with Crippen LogP contribution in [0.5, 0.6) is 0 Å². The van der Waals surface area contributed by atoms with Gasteiger partial charge in [-0.15, -0.1) is 0 Å². The van der Waals surface area contributed by atoms with Crippen LogP contribution in [0.2, 0.25) is 0 Å². The van der Waals surface area contributed by atoms with Crippen LogP contribution < -0.4 is 5.32 Å². The molecule has 0 amide bonds. The molecule has 2 nitrogen and oxygen atoms in total. The van der Waals surface area contributed by atoms with Crippen LogP contribution in [0.4, 0.5) is 0 Å². The average Bonchev–Trinajstić information content (AvgIpc) is 2.05. The molecule has 1 saturated carbocycles. The molecular formula is C10H17NO. The minimum absolute atomic E-state index is 0.417. The molecule has 2 aliphatic rings. The molecule has 1 spiro atoms. The lowest BCUT2D eigenvalue weighted by atomic mass is 9.68. The number of Topliss-reactive ketones (excluding diaryl/α,β-unsaturated/α-hetero) is 1. The third-order valence-corrected chi connectivity index (χ3v) is 3.40. The van der Waals surface area contributed by atoms with Gasteiger partial charge in [0.15, 0.2) is 0 Å². The summed E-state index contributed by atoms with van der Waals surface area (Å²) in [5, 5.41) is 3.36. The molecule has 1 N–H and O–H groups in total. The first-order valence-corrected chi connectivity index (χ1v) is 5.03. The van der Waals surface area contributed by atoms with E-state index in [2.05, 4.69) is 5.32 Å². The molecule has 0 aromatic rings. The van der Waals surface area contributed by atoms with Crippen LogP contribution in [-0.2, 0) is 4.79 Å². The molecular weight excluding hydrogens is 150 g/mol. The van der Waals surface area contributed by atoms with Crippen molar-refractivity contribution >= 4 is 5.78 Å². The summed E-state index contributed by atoms with van der Waals surface area (Å²) in [7, 11) is 0. The summed E-state index contributed by atoms with van der Waals surface area (Å²) in [6.07, 6.45) is 6.58. The molecule has 2 rings (SSSR count). The van der Waals surface area contributed by atoms with Gasteiger partial charge in [0.2, 0.25) is 0 Å². The summed E-state index contributed by atoms with van der Waals surface area (Å²) in [6.45, 7) is 2.24. The highest BCUT2D eigenvalue weighted by Gasteiger charge is 2.36.